The molecule has 1 fully saturated rings. The van der Waals surface area contributed by atoms with Crippen LogP contribution >= 0.6 is 11.3 Å². The number of nitrogens with one attached hydrogen (secondary N) is 2. The number of urea groups is 1. The fourth-order valence-corrected chi connectivity index (χ4v) is 5.24. The van der Waals surface area contributed by atoms with Gasteiger partial charge in [-0.3, -0.25) is 10.1 Å². The molecule has 9 nitrogen and oxygen atoms in total. The number of carbonyl (C=O) groups is 2. The molecule has 3 heterocycles. The van der Waals surface area contributed by atoms with Crippen molar-refractivity contribution in [3.8, 4) is 27.4 Å². The number of hydrogen-bond acceptors (Lipinski definition) is 8. The first-order chi connectivity index (χ1) is 17.3. The minimum Gasteiger partial charge on any atom is -0.497 e. The number of nitrogens with zero attached hydrogens (tertiary/aromatic N) is 3. The average Bonchev–Trinajstić information content (AvgIpc) is 3.37. The summed E-state index contributed by atoms with van der Waals surface area (Å²) in [5.74, 6) is 0.913. The lowest BCUT2D eigenvalue weighted by atomic mass is 10.0. The summed E-state index contributed by atoms with van der Waals surface area (Å²) in [7, 11) is 1.65. The molecule has 4 aromatic rings. The highest BCUT2D eigenvalue weighted by Gasteiger charge is 2.45. The number of aromatic nitrogens is 2. The molecule has 4 N–H and O–H groups in total. The molecule has 0 spiro atoms. The summed E-state index contributed by atoms with van der Waals surface area (Å²) in [5.41, 5.74) is 8.35. The number of imide groups is 1. The number of nitrogen functional groups attached to an aromatic ring is 1. The number of fused-ring (bicyclic) bond motifs is 1. The third kappa shape index (κ3) is 4.31. The van der Waals surface area contributed by atoms with Gasteiger partial charge in [0, 0.05) is 35.2 Å². The van der Waals surface area contributed by atoms with Crippen molar-refractivity contribution in [2.45, 2.75) is 19.4 Å². The van der Waals surface area contributed by atoms with Crippen LogP contribution in [0.25, 0.3) is 31.8 Å². The van der Waals surface area contributed by atoms with Crippen LogP contribution in [0.5, 0.6) is 5.75 Å². The van der Waals surface area contributed by atoms with Crippen LogP contribution < -0.4 is 21.1 Å². The van der Waals surface area contributed by atoms with Crippen LogP contribution in [0.1, 0.15) is 13.8 Å². The van der Waals surface area contributed by atoms with E-state index in [9.17, 15) is 9.59 Å². The highest BCUT2D eigenvalue weighted by Crippen LogP contribution is 2.39. The van der Waals surface area contributed by atoms with E-state index in [-0.39, 0.29) is 5.91 Å². The van der Waals surface area contributed by atoms with E-state index in [1.165, 1.54) is 4.90 Å². The van der Waals surface area contributed by atoms with Gasteiger partial charge in [0.15, 0.2) is 0 Å². The van der Waals surface area contributed by atoms with E-state index < -0.39 is 11.6 Å². The summed E-state index contributed by atoms with van der Waals surface area (Å²) in [6, 6.07) is 15.3. The molecule has 0 bridgehead atoms. The predicted molar refractivity (Wildman–Crippen MR) is 142 cm³/mol. The molecule has 0 unspecified atom stereocenters. The summed E-state index contributed by atoms with van der Waals surface area (Å²) < 4.78 is 6.49. The number of carbonyl (C=O) groups excluding carboxylic acids is 2. The van der Waals surface area contributed by atoms with Gasteiger partial charge in [-0.2, -0.15) is 0 Å². The van der Waals surface area contributed by atoms with E-state index in [1.807, 2.05) is 42.5 Å². The van der Waals surface area contributed by atoms with Gasteiger partial charge in [-0.15, -0.1) is 11.3 Å². The number of methoxy groups -OCH3 is 1. The van der Waals surface area contributed by atoms with Gasteiger partial charge in [-0.05, 0) is 61.2 Å². The zero-order valence-corrected chi connectivity index (χ0v) is 21.0. The normalized spacial score (nSPS) is 14.8. The highest BCUT2D eigenvalue weighted by molar-refractivity contribution is 7.22. The molecular formula is C26H26N6O3S. The summed E-state index contributed by atoms with van der Waals surface area (Å²) in [4.78, 5) is 36.0. The van der Waals surface area contributed by atoms with Gasteiger partial charge in [-0.25, -0.2) is 14.8 Å². The third-order valence-corrected chi connectivity index (χ3v) is 7.38. The van der Waals surface area contributed by atoms with Crippen molar-refractivity contribution in [1.29, 1.82) is 0 Å². The summed E-state index contributed by atoms with van der Waals surface area (Å²) >= 11 is 1.63. The second-order valence-corrected chi connectivity index (χ2v) is 10.1. The molecule has 0 atom stereocenters. The number of benzene rings is 2. The summed E-state index contributed by atoms with van der Waals surface area (Å²) in [6.07, 6.45) is 1.78. The molecule has 1 saturated heterocycles. The Bertz CT molecular complexity index is 1480. The van der Waals surface area contributed by atoms with Crippen molar-refractivity contribution in [1.82, 2.24) is 20.2 Å². The molecule has 5 rings (SSSR count). The van der Waals surface area contributed by atoms with Crippen LogP contribution in [0.15, 0.2) is 54.7 Å². The first kappa shape index (κ1) is 23.6. The second-order valence-electron chi connectivity index (χ2n) is 8.99. The first-order valence-electron chi connectivity index (χ1n) is 11.4. The number of ether oxygens (including phenoxy) is 1. The second kappa shape index (κ2) is 9.12. The van der Waals surface area contributed by atoms with Crippen molar-refractivity contribution in [3.63, 3.8) is 0 Å². The Labute approximate surface area is 212 Å². The van der Waals surface area contributed by atoms with Crippen LogP contribution in [-0.4, -0.2) is 52.5 Å². The number of anilines is 2. The van der Waals surface area contributed by atoms with Crippen molar-refractivity contribution in [2.75, 3.05) is 31.2 Å². The van der Waals surface area contributed by atoms with E-state index >= 15 is 0 Å². The smallest absolute Gasteiger partial charge is 0.325 e. The summed E-state index contributed by atoms with van der Waals surface area (Å²) in [5, 5.41) is 6.62. The fraction of sp³-hybridized carbons (Fsp3) is 0.231. The van der Waals surface area contributed by atoms with Gasteiger partial charge in [0.2, 0.25) is 5.95 Å². The minimum atomic E-state index is -0.903. The Balaban J connectivity index is 1.47. The topological polar surface area (TPSA) is 122 Å². The van der Waals surface area contributed by atoms with E-state index in [4.69, 9.17) is 15.5 Å². The van der Waals surface area contributed by atoms with E-state index in [1.54, 1.807) is 38.5 Å². The molecule has 1 aliphatic rings. The van der Waals surface area contributed by atoms with Crippen LogP contribution in [0.3, 0.4) is 0 Å². The van der Waals surface area contributed by atoms with E-state index in [2.05, 4.69) is 21.7 Å². The SMILES string of the molecule is COc1ccc2sc(-c3nc(NCCN4C(=O)NC(=O)C4(C)C)ncc3-c3cccc(N)c3)cc2c1. The minimum absolute atomic E-state index is 0.307. The highest BCUT2D eigenvalue weighted by atomic mass is 32.1. The van der Waals surface area contributed by atoms with Gasteiger partial charge in [0.25, 0.3) is 5.91 Å². The van der Waals surface area contributed by atoms with Crippen molar-refractivity contribution >= 4 is 45.0 Å². The van der Waals surface area contributed by atoms with E-state index in [0.29, 0.717) is 24.7 Å². The Kier molecular flexibility index (Phi) is 5.97. The number of amides is 3. The first-order valence-corrected chi connectivity index (χ1v) is 12.3. The number of rotatable bonds is 7. The quantitative estimate of drug-likeness (QED) is 0.253. The van der Waals surface area contributed by atoms with Gasteiger partial charge >= 0.3 is 6.03 Å². The Hall–Kier alpha value is -4.18. The van der Waals surface area contributed by atoms with E-state index in [0.717, 1.165) is 37.5 Å². The lowest BCUT2D eigenvalue weighted by Gasteiger charge is -2.27. The Morgan fingerprint density at radius 1 is 1.17 bits per heavy atom. The van der Waals surface area contributed by atoms with Gasteiger partial charge < -0.3 is 20.7 Å². The largest absolute Gasteiger partial charge is 0.497 e. The Morgan fingerprint density at radius 3 is 2.72 bits per heavy atom. The lowest BCUT2D eigenvalue weighted by Crippen LogP contribution is -2.46. The number of hydrogen-bond donors (Lipinski definition) is 3. The van der Waals surface area contributed by atoms with Crippen LogP contribution in [0.4, 0.5) is 16.4 Å². The molecule has 3 amide bonds. The number of thiophene rings is 1. The summed E-state index contributed by atoms with van der Waals surface area (Å²) in [6.45, 7) is 4.14. The van der Waals surface area contributed by atoms with Gasteiger partial charge in [-0.1, -0.05) is 12.1 Å². The average molecular weight is 503 g/mol. The molecule has 0 aliphatic carbocycles. The zero-order valence-electron chi connectivity index (χ0n) is 20.2. The molecule has 0 radical (unpaired) electrons. The maximum Gasteiger partial charge on any atom is 0.325 e. The van der Waals surface area contributed by atoms with Crippen molar-refractivity contribution in [3.05, 3.63) is 54.7 Å². The van der Waals surface area contributed by atoms with Crippen LogP contribution in [0, 0.1) is 0 Å². The lowest BCUT2D eigenvalue weighted by molar-refractivity contribution is -0.125. The molecule has 36 heavy (non-hydrogen) atoms. The standard InChI is InChI=1S/C26H26N6O3S/c1-26(2)23(33)31-25(34)32(26)10-9-28-24-29-14-19(15-5-4-6-17(27)11-15)22(30-24)21-13-16-12-18(35-3)7-8-20(16)36-21/h4-8,11-14H,9-10,27H2,1-3H3,(H,28,29,30)(H,31,33,34). The van der Waals surface area contributed by atoms with Crippen molar-refractivity contribution < 1.29 is 14.3 Å². The van der Waals surface area contributed by atoms with Gasteiger partial charge in [0.1, 0.15) is 11.3 Å². The molecule has 10 heteroatoms. The molecule has 2 aromatic carbocycles. The third-order valence-electron chi connectivity index (χ3n) is 6.26. The fourth-order valence-electron chi connectivity index (χ4n) is 4.19. The molecule has 0 saturated carbocycles. The van der Waals surface area contributed by atoms with Crippen molar-refractivity contribution in [2.24, 2.45) is 0 Å². The zero-order chi connectivity index (χ0) is 25.4. The molecular weight excluding hydrogens is 476 g/mol. The predicted octanol–water partition coefficient (Wildman–Crippen LogP) is 4.36. The van der Waals surface area contributed by atoms with Gasteiger partial charge in [0.05, 0.1) is 17.7 Å². The molecule has 1 aliphatic heterocycles. The molecule has 184 valence electrons. The number of nitrogens with two attached hydrogens (primary N) is 1. The monoisotopic (exact) mass is 502 g/mol. The Morgan fingerprint density at radius 2 is 2.00 bits per heavy atom. The maximum atomic E-state index is 12.2. The van der Waals surface area contributed by atoms with Crippen LogP contribution in [-0.2, 0) is 4.79 Å². The maximum absolute atomic E-state index is 12.2. The molecule has 2 aromatic heterocycles. The van der Waals surface area contributed by atoms with Crippen LogP contribution in [0.2, 0.25) is 0 Å².